The van der Waals surface area contributed by atoms with E-state index >= 15 is 0 Å². The van der Waals surface area contributed by atoms with Crippen molar-refractivity contribution in [2.45, 2.75) is 49.1 Å². The van der Waals surface area contributed by atoms with Crippen LogP contribution in [0, 0.1) is 0 Å². The highest BCUT2D eigenvalue weighted by Gasteiger charge is 2.51. The van der Waals surface area contributed by atoms with Crippen LogP contribution in [0.5, 0.6) is 0 Å². The van der Waals surface area contributed by atoms with E-state index in [2.05, 4.69) is 19.3 Å². The number of aromatic nitrogens is 6. The molecule has 0 radical (unpaired) electrons. The van der Waals surface area contributed by atoms with Gasteiger partial charge in [0.25, 0.3) is 6.23 Å². The fourth-order valence-electron chi connectivity index (χ4n) is 5.18. The van der Waals surface area contributed by atoms with Crippen LogP contribution in [0.4, 0.5) is 5.69 Å². The quantitative estimate of drug-likeness (QED) is 0.0590. The third-order valence-electron chi connectivity index (χ3n) is 7.28. The van der Waals surface area contributed by atoms with Gasteiger partial charge in [-0.1, -0.05) is 0 Å². The molecule has 2 aliphatic rings. The maximum atomic E-state index is 12.6. The average Bonchev–Trinajstić information content (AvgIpc) is 3.76. The Bertz CT molecular complexity index is 1940. The molecule has 0 saturated carbocycles. The third-order valence-corrected chi connectivity index (χ3v) is 10.4. The largest absolute Gasteiger partial charge is 0.481 e. The van der Waals surface area contributed by atoms with E-state index in [4.69, 9.17) is 28.8 Å². The highest BCUT2D eigenvalue weighted by atomic mass is 31.3. The zero-order valence-corrected chi connectivity index (χ0v) is 26.7. The van der Waals surface area contributed by atoms with E-state index in [0.29, 0.717) is 11.3 Å². The maximum absolute atomic E-state index is 12.6. The van der Waals surface area contributed by atoms with Gasteiger partial charge in [0.05, 0.1) is 25.2 Å². The fourth-order valence-corrected chi connectivity index (χ4v) is 7.82. The number of anilines is 1. The van der Waals surface area contributed by atoms with E-state index in [1.165, 1.54) is 40.4 Å². The Labute approximate surface area is 268 Å². The summed E-state index contributed by atoms with van der Waals surface area (Å²) in [6.45, 7) is -1.93. The molecule has 4 aromatic heterocycles. The second-order valence-corrected chi connectivity index (χ2v) is 14.8. The van der Waals surface area contributed by atoms with Gasteiger partial charge in [-0.2, -0.15) is 8.88 Å². The van der Waals surface area contributed by atoms with Gasteiger partial charge in [0.1, 0.15) is 36.8 Å². The Balaban J connectivity index is 1.10. The summed E-state index contributed by atoms with van der Waals surface area (Å²) in [5, 5.41) is 31.6. The summed E-state index contributed by atoms with van der Waals surface area (Å²) in [7, 11) is -16.2. The zero-order chi connectivity index (χ0) is 34.6. The number of phosphoric acid groups is 3. The van der Waals surface area contributed by atoms with E-state index in [-0.39, 0.29) is 11.2 Å². The SMILES string of the molecule is Nc1ccc[n+]([C@@H]2O[C@H](COP(=O)(O)OP(=O)(O)OC[C@H]3O[C@@H](n4cnc5c4ncn4ccnc54)[C@H](OP(=O)(O)O)[C@@H]3O)[C@@H](O)[C@H]2O)c1. The van der Waals surface area contributed by atoms with Crippen LogP contribution in [0.2, 0.25) is 0 Å². The van der Waals surface area contributed by atoms with Gasteiger partial charge in [-0.05, 0) is 6.07 Å². The molecule has 2 aliphatic heterocycles. The van der Waals surface area contributed by atoms with Crippen LogP contribution in [0.3, 0.4) is 0 Å². The van der Waals surface area contributed by atoms with Crippen molar-refractivity contribution in [3.05, 3.63) is 49.6 Å². The van der Waals surface area contributed by atoms with Crippen molar-refractivity contribution in [1.82, 2.24) is 23.9 Å². The summed E-state index contributed by atoms with van der Waals surface area (Å²) < 4.78 is 70.6. The monoisotopic (exact) mass is 740 g/mol. The Kier molecular flexibility index (Phi) is 9.61. The van der Waals surface area contributed by atoms with Crippen molar-refractivity contribution in [2.75, 3.05) is 18.9 Å². The van der Waals surface area contributed by atoms with Crippen molar-refractivity contribution < 1.29 is 80.5 Å². The number of nitrogen functional groups attached to an aromatic ring is 1. The lowest BCUT2D eigenvalue weighted by Crippen LogP contribution is -2.45. The number of imidazole rings is 2. The van der Waals surface area contributed by atoms with Crippen LogP contribution < -0.4 is 10.3 Å². The van der Waals surface area contributed by atoms with Crippen LogP contribution in [0.1, 0.15) is 12.5 Å². The minimum absolute atomic E-state index is 0.114. The number of nitrogens with two attached hydrogens (primary N) is 1. The van der Waals surface area contributed by atoms with E-state index in [1.807, 2.05) is 0 Å². The average molecular weight is 740 g/mol. The summed E-state index contributed by atoms with van der Waals surface area (Å²) in [6, 6.07) is 3.11. The molecule has 10 atom stereocenters. The zero-order valence-electron chi connectivity index (χ0n) is 24.1. The molecular formula is C22H29N7O16P3+. The van der Waals surface area contributed by atoms with E-state index in [0.717, 1.165) is 0 Å². The summed E-state index contributed by atoms with van der Waals surface area (Å²) in [5.74, 6) is 0. The van der Waals surface area contributed by atoms with Gasteiger partial charge in [0.15, 0.2) is 41.5 Å². The first-order valence-corrected chi connectivity index (χ1v) is 18.2. The topological polar surface area (TPSA) is 326 Å². The van der Waals surface area contributed by atoms with Crippen LogP contribution >= 0.6 is 23.5 Å². The predicted octanol–water partition coefficient (Wildman–Crippen LogP) is -1.75. The number of hydrogen-bond donors (Lipinski definition) is 8. The Morgan fingerprint density at radius 2 is 1.58 bits per heavy atom. The molecular weight excluding hydrogens is 711 g/mol. The highest BCUT2D eigenvalue weighted by molar-refractivity contribution is 7.61. The molecule has 2 unspecified atom stereocenters. The second kappa shape index (κ2) is 13.2. The van der Waals surface area contributed by atoms with Gasteiger partial charge in [-0.25, -0.2) is 28.6 Å². The Morgan fingerprint density at radius 1 is 0.896 bits per heavy atom. The molecule has 2 saturated heterocycles. The number of hydrogen-bond acceptors (Lipinski definition) is 16. The number of ether oxygens (including phenoxy) is 2. The van der Waals surface area contributed by atoms with Crippen LogP contribution in [0.25, 0.3) is 16.8 Å². The molecule has 6 heterocycles. The molecule has 9 N–H and O–H groups in total. The smallest absolute Gasteiger partial charge is 0.394 e. The molecule has 0 aliphatic carbocycles. The number of aliphatic hydroxyl groups excluding tert-OH is 3. The lowest BCUT2D eigenvalue weighted by Gasteiger charge is -2.22. The summed E-state index contributed by atoms with van der Waals surface area (Å²) in [4.78, 5) is 51.8. The first-order chi connectivity index (χ1) is 22.5. The van der Waals surface area contributed by atoms with Gasteiger partial charge in [0, 0.05) is 18.5 Å². The van der Waals surface area contributed by atoms with Crippen molar-refractivity contribution in [3.63, 3.8) is 0 Å². The lowest BCUT2D eigenvalue weighted by atomic mass is 10.1. The molecule has 26 heteroatoms. The summed E-state index contributed by atoms with van der Waals surface area (Å²) >= 11 is 0. The minimum atomic E-state index is -5.48. The van der Waals surface area contributed by atoms with E-state index in [1.54, 1.807) is 22.7 Å². The standard InChI is InChI=1S/C22H28N7O16P3/c23-11-2-1-4-27(6-11)21-17(32)15(30)12(42-21)7-40-47(36,37)45-48(38,39)41-8-13-16(31)18(44-46(33,34)35)22(43-13)29-10-25-14-19-24-3-5-28(19)9-26-20(14)29/h1-6,9-10,12-13,15-18,21-22,30-32H,7-8,23H2,(H3-,33,34,35,36,37,38,39)/p+1/t12-,13-,15-,16-,17-,18-,21-,22-/m1/s1. The van der Waals surface area contributed by atoms with Crippen LogP contribution in [0.15, 0.2) is 49.6 Å². The molecule has 0 bridgehead atoms. The molecule has 48 heavy (non-hydrogen) atoms. The molecule has 0 spiro atoms. The Hall–Kier alpha value is -2.79. The van der Waals surface area contributed by atoms with Crippen molar-refractivity contribution >= 4 is 46.0 Å². The molecule has 23 nitrogen and oxygen atoms in total. The molecule has 2 fully saturated rings. The minimum Gasteiger partial charge on any atom is -0.394 e. The van der Waals surface area contributed by atoms with Gasteiger partial charge in [-0.3, -0.25) is 22.5 Å². The first-order valence-electron chi connectivity index (χ1n) is 13.7. The molecule has 6 rings (SSSR count). The number of aliphatic hydroxyl groups is 3. The molecule has 262 valence electrons. The summed E-state index contributed by atoms with van der Waals surface area (Å²) in [5.41, 5.74) is 6.78. The third kappa shape index (κ3) is 7.37. The number of pyridine rings is 1. The lowest BCUT2D eigenvalue weighted by molar-refractivity contribution is -0.765. The van der Waals surface area contributed by atoms with Crippen LogP contribution in [-0.4, -0.2) is 109 Å². The summed E-state index contributed by atoms with van der Waals surface area (Å²) in [6.07, 6.45) is -4.03. The number of rotatable bonds is 12. The van der Waals surface area contributed by atoms with Gasteiger partial charge >= 0.3 is 23.5 Å². The number of phosphoric ester groups is 3. The van der Waals surface area contributed by atoms with Gasteiger partial charge < -0.3 is 50.1 Å². The predicted molar refractivity (Wildman–Crippen MR) is 153 cm³/mol. The van der Waals surface area contributed by atoms with E-state index in [9.17, 15) is 48.6 Å². The maximum Gasteiger partial charge on any atom is 0.481 e. The molecule has 0 aromatic carbocycles. The Morgan fingerprint density at radius 3 is 2.25 bits per heavy atom. The second-order valence-electron chi connectivity index (χ2n) is 10.6. The normalized spacial score (nSPS) is 30.6. The van der Waals surface area contributed by atoms with Gasteiger partial charge in [-0.15, -0.1) is 0 Å². The number of nitrogens with zero attached hydrogens (tertiary/aromatic N) is 6. The van der Waals surface area contributed by atoms with E-state index < -0.39 is 85.8 Å². The molecule has 4 aromatic rings. The number of fused-ring (bicyclic) bond motifs is 3. The first kappa shape index (κ1) is 35.1. The van der Waals surface area contributed by atoms with Crippen molar-refractivity contribution in [1.29, 1.82) is 0 Å². The van der Waals surface area contributed by atoms with Crippen LogP contribution in [-0.2, 0) is 41.1 Å². The highest BCUT2D eigenvalue weighted by Crippen LogP contribution is 2.61. The van der Waals surface area contributed by atoms with Crippen molar-refractivity contribution in [2.24, 2.45) is 0 Å². The molecule has 0 amide bonds. The van der Waals surface area contributed by atoms with Gasteiger partial charge in [0.2, 0.25) is 0 Å². The van der Waals surface area contributed by atoms with Crippen molar-refractivity contribution in [3.8, 4) is 0 Å². The fraction of sp³-hybridized carbons (Fsp3) is 0.455.